The number of hydrogen-bond acceptors (Lipinski definition) is 5. The third-order valence-corrected chi connectivity index (χ3v) is 3.97. The Labute approximate surface area is 120 Å². The highest BCUT2D eigenvalue weighted by molar-refractivity contribution is 5.74. The molecule has 0 spiro atoms. The van der Waals surface area contributed by atoms with Gasteiger partial charge in [-0.25, -0.2) is 4.39 Å². The molecule has 0 saturated heterocycles. The zero-order valence-electron chi connectivity index (χ0n) is 12.0. The monoisotopic (exact) mass is 290 g/mol. The molecule has 1 aliphatic rings. The van der Waals surface area contributed by atoms with E-state index in [9.17, 15) is 14.0 Å². The van der Waals surface area contributed by atoms with Gasteiger partial charge in [0, 0.05) is 12.6 Å². The Morgan fingerprint density at radius 3 is 2.71 bits per heavy atom. The van der Waals surface area contributed by atoms with Gasteiger partial charge in [-0.2, -0.15) is 0 Å². The summed E-state index contributed by atoms with van der Waals surface area (Å²) in [5, 5.41) is 5.99. The molecule has 0 bridgehead atoms. The average Bonchev–Trinajstić information content (AvgIpc) is 2.83. The molecular weight excluding hydrogens is 275 g/mol. The molecule has 1 aliphatic heterocycles. The van der Waals surface area contributed by atoms with Crippen molar-refractivity contribution in [1.82, 2.24) is 5.32 Å². The third-order valence-electron chi connectivity index (χ3n) is 3.97. The van der Waals surface area contributed by atoms with E-state index in [-0.39, 0.29) is 23.2 Å². The van der Waals surface area contributed by atoms with Gasteiger partial charge in [-0.3, -0.25) is 9.59 Å². The molecule has 0 fully saturated rings. The van der Waals surface area contributed by atoms with Crippen molar-refractivity contribution in [2.24, 2.45) is 0 Å². The van der Waals surface area contributed by atoms with Crippen LogP contribution in [0.3, 0.4) is 0 Å². The Morgan fingerprint density at radius 2 is 2.05 bits per heavy atom. The quantitative estimate of drug-likeness (QED) is 0.841. The third kappa shape index (κ3) is 1.86. The van der Waals surface area contributed by atoms with Crippen molar-refractivity contribution >= 4 is 11.4 Å². The number of aryl methyl sites for hydroxylation is 1. The molecule has 3 rings (SSSR count). The van der Waals surface area contributed by atoms with Crippen LogP contribution in [0.1, 0.15) is 29.7 Å². The van der Waals surface area contributed by atoms with Crippen LogP contribution in [-0.4, -0.2) is 7.11 Å². The lowest BCUT2D eigenvalue weighted by atomic mass is 9.97. The van der Waals surface area contributed by atoms with Crippen molar-refractivity contribution in [3.05, 3.63) is 49.0 Å². The molecule has 2 N–H and O–H groups in total. The number of anilines is 2. The highest BCUT2D eigenvalue weighted by Crippen LogP contribution is 2.37. The van der Waals surface area contributed by atoms with Gasteiger partial charge in [0.05, 0.1) is 12.8 Å². The number of rotatable bonds is 3. The molecule has 2 aromatic carbocycles. The molecule has 6 heteroatoms. The molecule has 2 aromatic rings. The number of nitrogens with one attached hydrogen (secondary N) is 2. The predicted molar refractivity (Wildman–Crippen MR) is 77.6 cm³/mol. The standard InChI is InChI=1S/C15H15FN2O3/c1-6-4-9(16)11(8-5-17-7(2)10(6)8)18-12-13(19)14(20)15(12)21-3/h4,7,17-18H,5H2,1-3H3/t7-/m1/s1. The van der Waals surface area contributed by atoms with Crippen molar-refractivity contribution in [3.63, 3.8) is 0 Å². The zero-order chi connectivity index (χ0) is 15.3. The summed E-state index contributed by atoms with van der Waals surface area (Å²) >= 11 is 0. The summed E-state index contributed by atoms with van der Waals surface area (Å²) in [6.07, 6.45) is 0. The van der Waals surface area contributed by atoms with Crippen LogP contribution in [0.25, 0.3) is 0 Å². The lowest BCUT2D eigenvalue weighted by Gasteiger charge is -2.17. The number of fused-ring (bicyclic) bond motifs is 1. The maximum atomic E-state index is 14.3. The van der Waals surface area contributed by atoms with E-state index in [0.717, 1.165) is 16.7 Å². The zero-order valence-corrected chi connectivity index (χ0v) is 12.0. The molecular formula is C15H15FN2O3. The molecule has 1 heterocycles. The van der Waals surface area contributed by atoms with E-state index >= 15 is 0 Å². The summed E-state index contributed by atoms with van der Waals surface area (Å²) < 4.78 is 19.1. The summed E-state index contributed by atoms with van der Waals surface area (Å²) in [4.78, 5) is 22.9. The molecule has 0 aliphatic carbocycles. The van der Waals surface area contributed by atoms with E-state index in [1.54, 1.807) is 0 Å². The fourth-order valence-corrected chi connectivity index (χ4v) is 2.94. The first-order valence-corrected chi connectivity index (χ1v) is 6.65. The highest BCUT2D eigenvalue weighted by Gasteiger charge is 2.28. The minimum atomic E-state index is -0.685. The molecule has 0 aromatic heterocycles. The van der Waals surface area contributed by atoms with Crippen molar-refractivity contribution < 1.29 is 9.13 Å². The fraction of sp³-hybridized carbons (Fsp3) is 0.333. The number of ether oxygens (including phenoxy) is 1. The van der Waals surface area contributed by atoms with Crippen LogP contribution in [0.5, 0.6) is 5.75 Å². The Kier molecular flexibility index (Phi) is 3.06. The number of methoxy groups -OCH3 is 1. The van der Waals surface area contributed by atoms with Crippen molar-refractivity contribution in [2.45, 2.75) is 26.4 Å². The van der Waals surface area contributed by atoms with Gasteiger partial charge in [0.1, 0.15) is 11.5 Å². The topological polar surface area (TPSA) is 67.4 Å². The summed E-state index contributed by atoms with van der Waals surface area (Å²) in [5.74, 6) is -0.495. The molecule has 21 heavy (non-hydrogen) atoms. The average molecular weight is 290 g/mol. The molecule has 0 radical (unpaired) electrons. The van der Waals surface area contributed by atoms with Gasteiger partial charge in [0.15, 0.2) is 5.75 Å². The Balaban J connectivity index is 2.11. The summed E-state index contributed by atoms with van der Waals surface area (Å²) in [6, 6.07) is 1.55. The van der Waals surface area contributed by atoms with E-state index in [1.165, 1.54) is 13.2 Å². The van der Waals surface area contributed by atoms with E-state index < -0.39 is 16.7 Å². The minimum Gasteiger partial charge on any atom is -0.491 e. The predicted octanol–water partition coefficient (Wildman–Crippen LogP) is 1.65. The number of halogens is 1. The van der Waals surface area contributed by atoms with Crippen LogP contribution in [0.4, 0.5) is 15.8 Å². The highest BCUT2D eigenvalue weighted by atomic mass is 19.1. The smallest absolute Gasteiger partial charge is 0.272 e. The van der Waals surface area contributed by atoms with Gasteiger partial charge in [-0.15, -0.1) is 0 Å². The fourth-order valence-electron chi connectivity index (χ4n) is 2.94. The van der Waals surface area contributed by atoms with Gasteiger partial charge in [-0.1, -0.05) is 0 Å². The second kappa shape index (κ2) is 4.66. The first-order valence-electron chi connectivity index (χ1n) is 6.65. The van der Waals surface area contributed by atoms with Crippen LogP contribution >= 0.6 is 0 Å². The van der Waals surface area contributed by atoms with Crippen LogP contribution in [-0.2, 0) is 6.54 Å². The Bertz CT molecular complexity index is 806. The SMILES string of the molecule is COc1c(Nc2c(F)cc(C)c3c2CN[C@@H]3C)c(=O)c1=O. The van der Waals surface area contributed by atoms with Gasteiger partial charge >= 0.3 is 0 Å². The lowest BCUT2D eigenvalue weighted by molar-refractivity contribution is 0.408. The van der Waals surface area contributed by atoms with Crippen LogP contribution in [0.2, 0.25) is 0 Å². The van der Waals surface area contributed by atoms with Gasteiger partial charge < -0.3 is 15.4 Å². The van der Waals surface area contributed by atoms with Crippen LogP contribution < -0.4 is 26.2 Å². The molecule has 110 valence electrons. The van der Waals surface area contributed by atoms with Crippen molar-refractivity contribution in [3.8, 4) is 5.75 Å². The minimum absolute atomic E-state index is 0.0204. The molecule has 1 atom stereocenters. The van der Waals surface area contributed by atoms with E-state index in [4.69, 9.17) is 4.74 Å². The first-order chi connectivity index (χ1) is 9.95. The van der Waals surface area contributed by atoms with Crippen LogP contribution in [0.15, 0.2) is 15.7 Å². The Morgan fingerprint density at radius 1 is 1.33 bits per heavy atom. The molecule has 0 unspecified atom stereocenters. The summed E-state index contributed by atoms with van der Waals surface area (Å²) in [6.45, 7) is 4.36. The first kappa shape index (κ1) is 13.8. The van der Waals surface area contributed by atoms with E-state index in [2.05, 4.69) is 10.6 Å². The number of hydrogen-bond donors (Lipinski definition) is 2. The summed E-state index contributed by atoms with van der Waals surface area (Å²) in [5.41, 5.74) is 1.56. The second-order valence-electron chi connectivity index (χ2n) is 5.24. The maximum absolute atomic E-state index is 14.3. The largest absolute Gasteiger partial charge is 0.491 e. The van der Waals surface area contributed by atoms with Gasteiger partial charge in [-0.05, 0) is 36.6 Å². The van der Waals surface area contributed by atoms with E-state index in [1.807, 2.05) is 13.8 Å². The normalized spacial score (nSPS) is 17.0. The molecule has 0 saturated carbocycles. The van der Waals surface area contributed by atoms with Gasteiger partial charge in [0.2, 0.25) is 0 Å². The number of benzene rings is 1. The lowest BCUT2D eigenvalue weighted by Crippen LogP contribution is -2.34. The van der Waals surface area contributed by atoms with Crippen molar-refractivity contribution in [1.29, 1.82) is 0 Å². The molecule has 5 nitrogen and oxygen atoms in total. The van der Waals surface area contributed by atoms with E-state index in [0.29, 0.717) is 6.54 Å². The Hall–Kier alpha value is -2.21. The summed E-state index contributed by atoms with van der Waals surface area (Å²) in [7, 11) is 1.31. The van der Waals surface area contributed by atoms with Crippen LogP contribution in [0, 0.1) is 12.7 Å². The maximum Gasteiger partial charge on any atom is 0.272 e. The molecule has 0 amide bonds. The van der Waals surface area contributed by atoms with Gasteiger partial charge in [0.25, 0.3) is 10.9 Å². The second-order valence-corrected chi connectivity index (χ2v) is 5.24. The van der Waals surface area contributed by atoms with Crippen molar-refractivity contribution in [2.75, 3.05) is 12.4 Å².